The first kappa shape index (κ1) is 21.1. The Morgan fingerprint density at radius 1 is 1.07 bits per heavy atom. The van der Waals surface area contributed by atoms with Gasteiger partial charge in [0.15, 0.2) is 6.10 Å². The summed E-state index contributed by atoms with van der Waals surface area (Å²) in [5.74, 6) is 1.60. The molecule has 0 radical (unpaired) electrons. The first-order chi connectivity index (χ1) is 12.7. The first-order valence-electron chi connectivity index (χ1n) is 9.14. The van der Waals surface area contributed by atoms with Crippen LogP contribution in [0.25, 0.3) is 0 Å². The van der Waals surface area contributed by atoms with Crippen molar-refractivity contribution in [1.29, 1.82) is 0 Å². The van der Waals surface area contributed by atoms with Crippen molar-refractivity contribution in [3.63, 3.8) is 0 Å². The van der Waals surface area contributed by atoms with Gasteiger partial charge in [-0.05, 0) is 73.7 Å². The van der Waals surface area contributed by atoms with Crippen LogP contribution < -0.4 is 14.8 Å². The second kappa shape index (κ2) is 9.14. The van der Waals surface area contributed by atoms with Gasteiger partial charge in [-0.3, -0.25) is 4.79 Å². The van der Waals surface area contributed by atoms with Crippen molar-refractivity contribution in [1.82, 2.24) is 5.32 Å². The number of benzene rings is 2. The number of ether oxygens (including phenoxy) is 2. The number of carbonyl (C=O) groups is 1. The summed E-state index contributed by atoms with van der Waals surface area (Å²) in [7, 11) is 1.68. The van der Waals surface area contributed by atoms with Crippen molar-refractivity contribution in [3.05, 3.63) is 58.1 Å². The molecule has 0 aliphatic carbocycles. The van der Waals surface area contributed by atoms with Crippen molar-refractivity contribution >= 4 is 17.5 Å². The zero-order valence-corrected chi connectivity index (χ0v) is 17.6. The summed E-state index contributed by atoms with van der Waals surface area (Å²) in [6.45, 7) is 9.98. The van der Waals surface area contributed by atoms with Crippen LogP contribution in [-0.4, -0.2) is 19.1 Å². The molecular formula is C22H28ClNO3. The second-order valence-electron chi connectivity index (χ2n) is 7.05. The molecule has 2 atom stereocenters. The summed E-state index contributed by atoms with van der Waals surface area (Å²) >= 11 is 5.96. The van der Waals surface area contributed by atoms with Gasteiger partial charge in [0.05, 0.1) is 13.2 Å². The molecule has 27 heavy (non-hydrogen) atoms. The highest BCUT2D eigenvalue weighted by Gasteiger charge is 2.20. The van der Waals surface area contributed by atoms with Crippen LogP contribution in [0.3, 0.4) is 0 Å². The SMILES string of the molecule is COc1cc(C)c([C@H](C)NC(=O)[C@H](C)Oc2cccc(Cl)c2)cc1C(C)C. The van der Waals surface area contributed by atoms with Gasteiger partial charge in [0.25, 0.3) is 5.91 Å². The van der Waals surface area contributed by atoms with Crippen LogP contribution in [0.5, 0.6) is 11.5 Å². The van der Waals surface area contributed by atoms with Gasteiger partial charge in [-0.1, -0.05) is 31.5 Å². The van der Waals surface area contributed by atoms with E-state index in [1.807, 2.05) is 19.9 Å². The fourth-order valence-electron chi connectivity index (χ4n) is 3.02. The number of methoxy groups -OCH3 is 1. The highest BCUT2D eigenvalue weighted by molar-refractivity contribution is 6.30. The van der Waals surface area contributed by atoms with E-state index < -0.39 is 6.10 Å². The van der Waals surface area contributed by atoms with Gasteiger partial charge in [0, 0.05) is 5.02 Å². The lowest BCUT2D eigenvalue weighted by Crippen LogP contribution is -2.38. The zero-order valence-electron chi connectivity index (χ0n) is 16.8. The van der Waals surface area contributed by atoms with E-state index >= 15 is 0 Å². The van der Waals surface area contributed by atoms with E-state index in [1.54, 1.807) is 38.3 Å². The topological polar surface area (TPSA) is 47.6 Å². The van der Waals surface area contributed by atoms with Crippen LogP contribution in [0, 0.1) is 6.92 Å². The molecular weight excluding hydrogens is 362 g/mol. The van der Waals surface area contributed by atoms with E-state index in [1.165, 1.54) is 0 Å². The number of halogens is 1. The summed E-state index contributed by atoms with van der Waals surface area (Å²) in [6, 6.07) is 11.0. The molecule has 2 aromatic carbocycles. The van der Waals surface area contributed by atoms with Gasteiger partial charge in [-0.25, -0.2) is 0 Å². The fraction of sp³-hybridized carbons (Fsp3) is 0.409. The molecule has 0 aliphatic rings. The maximum atomic E-state index is 12.6. The van der Waals surface area contributed by atoms with E-state index in [-0.39, 0.29) is 11.9 Å². The highest BCUT2D eigenvalue weighted by Crippen LogP contribution is 2.32. The molecule has 1 N–H and O–H groups in total. The molecule has 0 bridgehead atoms. The molecule has 0 fully saturated rings. The summed E-state index contributed by atoms with van der Waals surface area (Å²) in [6.07, 6.45) is -0.631. The molecule has 0 aliphatic heterocycles. The third kappa shape index (κ3) is 5.39. The van der Waals surface area contributed by atoms with Crippen LogP contribution in [0.1, 0.15) is 56.3 Å². The van der Waals surface area contributed by atoms with Crippen molar-refractivity contribution in [3.8, 4) is 11.5 Å². The van der Waals surface area contributed by atoms with Crippen molar-refractivity contribution < 1.29 is 14.3 Å². The summed E-state index contributed by atoms with van der Waals surface area (Å²) in [5.41, 5.74) is 3.28. The molecule has 0 saturated heterocycles. The first-order valence-corrected chi connectivity index (χ1v) is 9.51. The summed E-state index contributed by atoms with van der Waals surface area (Å²) in [4.78, 5) is 12.6. The van der Waals surface area contributed by atoms with Crippen LogP contribution >= 0.6 is 11.6 Å². The molecule has 1 amide bonds. The minimum atomic E-state index is -0.631. The van der Waals surface area contributed by atoms with E-state index in [2.05, 4.69) is 25.2 Å². The van der Waals surface area contributed by atoms with Crippen molar-refractivity contribution in [2.75, 3.05) is 7.11 Å². The molecule has 0 aromatic heterocycles. The molecule has 5 heteroatoms. The molecule has 0 spiro atoms. The molecule has 2 aromatic rings. The Morgan fingerprint density at radius 3 is 2.37 bits per heavy atom. The normalized spacial score (nSPS) is 13.2. The van der Waals surface area contributed by atoms with Gasteiger partial charge in [-0.15, -0.1) is 0 Å². The quantitative estimate of drug-likeness (QED) is 0.687. The number of hydrogen-bond donors (Lipinski definition) is 1. The largest absolute Gasteiger partial charge is 0.496 e. The number of nitrogens with one attached hydrogen (secondary N) is 1. The molecule has 0 unspecified atom stereocenters. The highest BCUT2D eigenvalue weighted by atomic mass is 35.5. The fourth-order valence-corrected chi connectivity index (χ4v) is 3.20. The smallest absolute Gasteiger partial charge is 0.261 e. The third-order valence-corrected chi connectivity index (χ3v) is 4.78. The molecule has 4 nitrogen and oxygen atoms in total. The van der Waals surface area contributed by atoms with Crippen LogP contribution in [0.2, 0.25) is 5.02 Å². The van der Waals surface area contributed by atoms with Gasteiger partial charge in [0.2, 0.25) is 0 Å². The Labute approximate surface area is 166 Å². The summed E-state index contributed by atoms with van der Waals surface area (Å²) < 4.78 is 11.2. The van der Waals surface area contributed by atoms with E-state index in [0.717, 1.165) is 22.4 Å². The predicted octanol–water partition coefficient (Wildman–Crippen LogP) is 5.43. The Kier molecular flexibility index (Phi) is 7.14. The standard InChI is InChI=1S/C22H28ClNO3/c1-13(2)19-12-20(14(3)10-21(19)26-6)15(4)24-22(25)16(5)27-18-9-7-8-17(23)11-18/h7-13,15-16H,1-6H3,(H,24,25)/t15-,16-/m0/s1. The molecule has 0 saturated carbocycles. The Hall–Kier alpha value is -2.20. The van der Waals surface area contributed by atoms with Crippen LogP contribution in [0.4, 0.5) is 0 Å². The van der Waals surface area contributed by atoms with Crippen LogP contribution in [-0.2, 0) is 4.79 Å². The van der Waals surface area contributed by atoms with E-state index in [0.29, 0.717) is 16.7 Å². The summed E-state index contributed by atoms with van der Waals surface area (Å²) in [5, 5.41) is 3.61. The lowest BCUT2D eigenvalue weighted by Gasteiger charge is -2.22. The Morgan fingerprint density at radius 2 is 1.78 bits per heavy atom. The Bertz CT molecular complexity index is 804. The third-order valence-electron chi connectivity index (χ3n) is 4.54. The minimum Gasteiger partial charge on any atom is -0.496 e. The maximum Gasteiger partial charge on any atom is 0.261 e. The van der Waals surface area contributed by atoms with Gasteiger partial charge < -0.3 is 14.8 Å². The lowest BCUT2D eigenvalue weighted by atomic mass is 9.93. The van der Waals surface area contributed by atoms with Crippen molar-refractivity contribution in [2.45, 2.75) is 52.7 Å². The van der Waals surface area contributed by atoms with Crippen molar-refractivity contribution in [2.24, 2.45) is 0 Å². The van der Waals surface area contributed by atoms with E-state index in [4.69, 9.17) is 21.1 Å². The number of rotatable bonds is 7. The average molecular weight is 390 g/mol. The van der Waals surface area contributed by atoms with Gasteiger partial charge >= 0.3 is 0 Å². The molecule has 2 rings (SSSR count). The average Bonchev–Trinajstić information content (AvgIpc) is 2.60. The lowest BCUT2D eigenvalue weighted by molar-refractivity contribution is -0.127. The second-order valence-corrected chi connectivity index (χ2v) is 7.49. The number of aryl methyl sites for hydroxylation is 1. The van der Waals surface area contributed by atoms with Gasteiger partial charge in [-0.2, -0.15) is 0 Å². The molecule has 146 valence electrons. The van der Waals surface area contributed by atoms with Gasteiger partial charge in [0.1, 0.15) is 11.5 Å². The maximum absolute atomic E-state index is 12.6. The Balaban J connectivity index is 2.12. The monoisotopic (exact) mass is 389 g/mol. The van der Waals surface area contributed by atoms with Crippen LogP contribution in [0.15, 0.2) is 36.4 Å². The minimum absolute atomic E-state index is 0.147. The zero-order chi connectivity index (χ0) is 20.1. The molecule has 0 heterocycles. The predicted molar refractivity (Wildman–Crippen MR) is 110 cm³/mol. The van der Waals surface area contributed by atoms with E-state index in [9.17, 15) is 4.79 Å². The number of hydrogen-bond acceptors (Lipinski definition) is 3. The number of amides is 1. The number of carbonyl (C=O) groups excluding carboxylic acids is 1.